The van der Waals surface area contributed by atoms with Crippen molar-refractivity contribution in [2.75, 3.05) is 4.90 Å². The maximum absolute atomic E-state index is 6.27. The van der Waals surface area contributed by atoms with Gasteiger partial charge in [-0.2, -0.15) is 0 Å². The van der Waals surface area contributed by atoms with Crippen LogP contribution in [-0.2, 0) is 5.41 Å². The van der Waals surface area contributed by atoms with Crippen LogP contribution >= 0.6 is 11.3 Å². The second-order valence-corrected chi connectivity index (χ2v) is 18.7. The van der Waals surface area contributed by atoms with E-state index in [1.165, 1.54) is 75.5 Å². The van der Waals surface area contributed by atoms with Crippen LogP contribution in [0.4, 0.5) is 17.1 Å². The van der Waals surface area contributed by atoms with Gasteiger partial charge in [0.1, 0.15) is 11.2 Å². The number of fused-ring (bicyclic) bond motifs is 10. The molecule has 0 saturated carbocycles. The molecule has 302 valence electrons. The Balaban J connectivity index is 0.974. The van der Waals surface area contributed by atoms with Crippen molar-refractivity contribution in [2.45, 2.75) is 19.3 Å². The van der Waals surface area contributed by atoms with E-state index < -0.39 is 0 Å². The number of rotatable bonds is 6. The summed E-state index contributed by atoms with van der Waals surface area (Å²) < 4.78 is 8.92. The Morgan fingerprint density at radius 1 is 0.391 bits per heavy atom. The Bertz CT molecular complexity index is 3820. The van der Waals surface area contributed by atoms with Crippen LogP contribution < -0.4 is 4.90 Å². The minimum Gasteiger partial charge on any atom is -0.456 e. The average Bonchev–Trinajstić information content (AvgIpc) is 3.98. The van der Waals surface area contributed by atoms with E-state index in [0.717, 1.165) is 50.1 Å². The normalized spacial score (nSPS) is 13.0. The van der Waals surface area contributed by atoms with Gasteiger partial charge < -0.3 is 9.32 Å². The molecule has 13 rings (SSSR count). The van der Waals surface area contributed by atoms with Crippen molar-refractivity contribution in [1.29, 1.82) is 0 Å². The van der Waals surface area contributed by atoms with Crippen LogP contribution in [0.3, 0.4) is 0 Å². The maximum atomic E-state index is 6.27. The number of para-hydroxylation sites is 2. The molecule has 0 radical (unpaired) electrons. The molecule has 2 aromatic heterocycles. The molecule has 0 N–H and O–H groups in total. The van der Waals surface area contributed by atoms with Crippen LogP contribution in [-0.4, -0.2) is 0 Å². The Morgan fingerprint density at radius 3 is 1.84 bits per heavy atom. The lowest BCUT2D eigenvalue weighted by Crippen LogP contribution is -2.15. The summed E-state index contributed by atoms with van der Waals surface area (Å²) in [5.74, 6) is 0. The van der Waals surface area contributed by atoms with Gasteiger partial charge in [0.15, 0.2) is 0 Å². The van der Waals surface area contributed by atoms with Crippen LogP contribution in [0.5, 0.6) is 0 Å². The number of hydrogen-bond acceptors (Lipinski definition) is 3. The monoisotopic (exact) mass is 835 g/mol. The van der Waals surface area contributed by atoms with Gasteiger partial charge in [0.2, 0.25) is 0 Å². The van der Waals surface area contributed by atoms with Gasteiger partial charge in [0, 0.05) is 53.3 Å². The number of hydrogen-bond donors (Lipinski definition) is 0. The van der Waals surface area contributed by atoms with E-state index in [1.54, 1.807) is 0 Å². The molecule has 0 spiro atoms. The first-order valence-electron chi connectivity index (χ1n) is 22.1. The lowest BCUT2D eigenvalue weighted by molar-refractivity contribution is 0.660. The Labute approximate surface area is 375 Å². The molecule has 0 bridgehead atoms. The van der Waals surface area contributed by atoms with Crippen molar-refractivity contribution in [2.24, 2.45) is 0 Å². The summed E-state index contributed by atoms with van der Waals surface area (Å²) in [7, 11) is 0. The largest absolute Gasteiger partial charge is 0.456 e. The molecule has 1 aliphatic carbocycles. The summed E-state index contributed by atoms with van der Waals surface area (Å²) in [6.45, 7) is 4.69. The van der Waals surface area contributed by atoms with Crippen LogP contribution in [0.1, 0.15) is 25.0 Å². The second-order valence-electron chi connectivity index (χ2n) is 17.6. The summed E-state index contributed by atoms with van der Waals surface area (Å²) >= 11 is 1.86. The zero-order valence-corrected chi connectivity index (χ0v) is 36.3. The molecule has 3 heteroatoms. The zero-order valence-electron chi connectivity index (χ0n) is 35.5. The van der Waals surface area contributed by atoms with Gasteiger partial charge >= 0.3 is 0 Å². The third-order valence-corrected chi connectivity index (χ3v) is 14.8. The summed E-state index contributed by atoms with van der Waals surface area (Å²) in [4.78, 5) is 2.44. The first kappa shape index (κ1) is 36.9. The van der Waals surface area contributed by atoms with E-state index in [1.807, 2.05) is 23.5 Å². The smallest absolute Gasteiger partial charge is 0.135 e. The summed E-state index contributed by atoms with van der Waals surface area (Å²) in [5, 5.41) is 7.37. The number of thiophene rings is 1. The van der Waals surface area contributed by atoms with Crippen LogP contribution in [0.2, 0.25) is 0 Å². The molecule has 0 unspecified atom stereocenters. The maximum Gasteiger partial charge on any atom is 0.135 e. The zero-order chi connectivity index (χ0) is 42.5. The molecule has 2 nitrogen and oxygen atoms in total. The molecule has 12 aromatic rings. The average molecular weight is 836 g/mol. The van der Waals surface area contributed by atoms with Gasteiger partial charge in [-0.1, -0.05) is 159 Å². The highest BCUT2D eigenvalue weighted by molar-refractivity contribution is 7.25. The van der Waals surface area contributed by atoms with Gasteiger partial charge in [-0.05, 0) is 128 Å². The lowest BCUT2D eigenvalue weighted by Gasteiger charge is -2.29. The predicted octanol–water partition coefficient (Wildman–Crippen LogP) is 17.9. The first-order valence-corrected chi connectivity index (χ1v) is 22.9. The highest BCUT2D eigenvalue weighted by atomic mass is 32.1. The van der Waals surface area contributed by atoms with Gasteiger partial charge in [-0.3, -0.25) is 0 Å². The number of anilines is 3. The van der Waals surface area contributed by atoms with E-state index in [4.69, 9.17) is 4.42 Å². The molecule has 2 heterocycles. The van der Waals surface area contributed by atoms with Crippen LogP contribution in [0, 0.1) is 0 Å². The number of furan rings is 1. The van der Waals surface area contributed by atoms with Crippen molar-refractivity contribution in [1.82, 2.24) is 0 Å². The van der Waals surface area contributed by atoms with E-state index in [2.05, 4.69) is 219 Å². The standard InChI is InChI=1S/C61H41NOS/c1-61(2)53-21-7-3-16-47(53)50-37-43(31-32-54(50)61)62(55-22-8-4-15-44(55)40-27-33-57-51(35-40)48-17-5-9-23-56(48)63-57)42-29-25-38(26-30-42)45-19-11-13-39-14-12-20-46(60(39)45)41-28-34-59-52(36-41)49-18-6-10-24-58(49)64-59/h3-37H,1-2H3. The molecule has 10 aromatic carbocycles. The van der Waals surface area contributed by atoms with E-state index in [0.29, 0.717) is 0 Å². The Kier molecular flexibility index (Phi) is 8.16. The highest BCUT2D eigenvalue weighted by Gasteiger charge is 2.35. The highest BCUT2D eigenvalue weighted by Crippen LogP contribution is 2.52. The quantitative estimate of drug-likeness (QED) is 0.166. The second kappa shape index (κ2) is 14.2. The topological polar surface area (TPSA) is 16.4 Å². The third kappa shape index (κ3) is 5.64. The van der Waals surface area contributed by atoms with Crippen molar-refractivity contribution in [3.8, 4) is 44.5 Å². The molecule has 64 heavy (non-hydrogen) atoms. The van der Waals surface area contributed by atoms with Gasteiger partial charge in [-0.15, -0.1) is 11.3 Å². The molecule has 0 saturated heterocycles. The Hall–Kier alpha value is -7.72. The van der Waals surface area contributed by atoms with Gasteiger partial charge in [0.25, 0.3) is 0 Å². The fourth-order valence-corrected chi connectivity index (χ4v) is 11.7. The van der Waals surface area contributed by atoms with Crippen molar-refractivity contribution >= 4 is 81.3 Å². The van der Waals surface area contributed by atoms with Crippen molar-refractivity contribution in [3.05, 3.63) is 223 Å². The van der Waals surface area contributed by atoms with E-state index in [-0.39, 0.29) is 5.41 Å². The molecule has 0 amide bonds. The Morgan fingerprint density at radius 2 is 0.984 bits per heavy atom. The molecule has 0 aliphatic heterocycles. The minimum atomic E-state index is -0.0851. The predicted molar refractivity (Wildman–Crippen MR) is 273 cm³/mol. The van der Waals surface area contributed by atoms with Crippen molar-refractivity contribution < 1.29 is 4.42 Å². The lowest BCUT2D eigenvalue weighted by atomic mass is 9.82. The molecule has 1 aliphatic rings. The molecule has 0 atom stereocenters. The summed E-state index contributed by atoms with van der Waals surface area (Å²) in [6, 6.07) is 78.1. The summed E-state index contributed by atoms with van der Waals surface area (Å²) in [6.07, 6.45) is 0. The third-order valence-electron chi connectivity index (χ3n) is 13.7. The number of benzene rings is 10. The minimum absolute atomic E-state index is 0.0851. The molecular weight excluding hydrogens is 795 g/mol. The van der Waals surface area contributed by atoms with Gasteiger partial charge in [0.05, 0.1) is 5.69 Å². The van der Waals surface area contributed by atoms with E-state index in [9.17, 15) is 0 Å². The fraction of sp³-hybridized carbons (Fsp3) is 0.0492. The molecule has 0 fully saturated rings. The van der Waals surface area contributed by atoms with Crippen molar-refractivity contribution in [3.63, 3.8) is 0 Å². The van der Waals surface area contributed by atoms with Crippen LogP contribution in [0.25, 0.3) is 97.4 Å². The summed E-state index contributed by atoms with van der Waals surface area (Å²) in [5.41, 5.74) is 17.5. The van der Waals surface area contributed by atoms with Gasteiger partial charge in [-0.25, -0.2) is 0 Å². The number of nitrogens with zero attached hydrogens (tertiary/aromatic N) is 1. The first-order chi connectivity index (χ1) is 31.5. The molecular formula is C61H41NOS. The SMILES string of the molecule is CC1(C)c2ccccc2-c2cc(N(c3ccc(-c4cccc5cccc(-c6ccc7sc8ccccc8c7c6)c45)cc3)c3ccccc3-c3ccc4oc5ccccc5c4c3)ccc21. The van der Waals surface area contributed by atoms with Crippen LogP contribution in [0.15, 0.2) is 217 Å². The fourth-order valence-electron chi connectivity index (χ4n) is 10.6. The van der Waals surface area contributed by atoms with E-state index >= 15 is 0 Å².